The van der Waals surface area contributed by atoms with Crippen LogP contribution in [0.4, 0.5) is 4.79 Å². The van der Waals surface area contributed by atoms with E-state index in [1.807, 2.05) is 6.92 Å². The molecule has 0 aliphatic carbocycles. The molecular weight excluding hydrogens is 384 g/mol. The normalized spacial score (nSPS) is 11.2. The Morgan fingerprint density at radius 3 is 2.46 bits per heavy atom. The van der Waals surface area contributed by atoms with Crippen molar-refractivity contribution < 1.29 is 23.9 Å². The molecule has 148 valence electrons. The lowest BCUT2D eigenvalue weighted by Gasteiger charge is -2.18. The fourth-order valence-corrected chi connectivity index (χ4v) is 2.42. The summed E-state index contributed by atoms with van der Waals surface area (Å²) in [4.78, 5) is 36.3. The minimum absolute atomic E-state index is 0.350. The Morgan fingerprint density at radius 2 is 1.82 bits per heavy atom. The summed E-state index contributed by atoms with van der Waals surface area (Å²) in [6.07, 6.45) is -1.29. The molecule has 3 amide bonds. The summed E-state index contributed by atoms with van der Waals surface area (Å²) in [7, 11) is 0. The van der Waals surface area contributed by atoms with Gasteiger partial charge in [-0.05, 0) is 37.6 Å². The number of urea groups is 1. The van der Waals surface area contributed by atoms with Gasteiger partial charge in [-0.2, -0.15) is 0 Å². The first-order chi connectivity index (χ1) is 13.4. The molecule has 0 fully saturated rings. The summed E-state index contributed by atoms with van der Waals surface area (Å²) in [5.74, 6) is -1.07. The van der Waals surface area contributed by atoms with E-state index in [1.165, 1.54) is 0 Å². The number of ether oxygens (including phenoxy) is 2. The Morgan fingerprint density at radius 1 is 1.11 bits per heavy atom. The van der Waals surface area contributed by atoms with Gasteiger partial charge < -0.3 is 14.8 Å². The molecular formula is C20H21ClN2O5. The van der Waals surface area contributed by atoms with Gasteiger partial charge in [-0.3, -0.25) is 10.1 Å². The summed E-state index contributed by atoms with van der Waals surface area (Å²) < 4.78 is 10.7. The second kappa shape index (κ2) is 10.3. The Labute approximate surface area is 168 Å². The van der Waals surface area contributed by atoms with E-state index in [-0.39, 0.29) is 0 Å². The average molecular weight is 405 g/mol. The van der Waals surface area contributed by atoms with Gasteiger partial charge in [-0.1, -0.05) is 41.9 Å². The Kier molecular flexibility index (Phi) is 7.83. The van der Waals surface area contributed by atoms with E-state index in [9.17, 15) is 14.4 Å². The first-order valence-electron chi connectivity index (χ1n) is 8.62. The molecule has 7 nitrogen and oxygen atoms in total. The van der Waals surface area contributed by atoms with Gasteiger partial charge in [-0.15, -0.1) is 0 Å². The smallest absolute Gasteiger partial charge is 0.345 e. The number of carbonyl (C=O) groups excluding carboxylic acids is 3. The molecule has 2 aromatic rings. The maximum absolute atomic E-state index is 12.4. The molecule has 2 aromatic carbocycles. The summed E-state index contributed by atoms with van der Waals surface area (Å²) in [6, 6.07) is 12.7. The topological polar surface area (TPSA) is 93.7 Å². The van der Waals surface area contributed by atoms with E-state index in [2.05, 4.69) is 10.6 Å². The van der Waals surface area contributed by atoms with E-state index in [1.54, 1.807) is 55.5 Å². The first-order valence-corrected chi connectivity index (χ1v) is 9.00. The maximum atomic E-state index is 12.4. The van der Waals surface area contributed by atoms with Crippen molar-refractivity contribution in [1.82, 2.24) is 10.6 Å². The van der Waals surface area contributed by atoms with Gasteiger partial charge >= 0.3 is 12.0 Å². The van der Waals surface area contributed by atoms with E-state index < -0.39 is 30.6 Å². The molecule has 8 heteroatoms. The number of nitrogens with one attached hydrogen (secondary N) is 2. The van der Waals surface area contributed by atoms with Gasteiger partial charge in [0, 0.05) is 17.1 Å². The average Bonchev–Trinajstić information content (AvgIpc) is 2.67. The van der Waals surface area contributed by atoms with Crippen molar-refractivity contribution in [3.05, 3.63) is 64.7 Å². The number of hydrogen-bond acceptors (Lipinski definition) is 5. The van der Waals surface area contributed by atoms with E-state index in [0.29, 0.717) is 22.9 Å². The minimum atomic E-state index is -1.29. The van der Waals surface area contributed by atoms with E-state index >= 15 is 0 Å². The van der Waals surface area contributed by atoms with Crippen LogP contribution in [0.3, 0.4) is 0 Å². The second-order valence-corrected chi connectivity index (χ2v) is 6.24. The number of hydrogen-bond donors (Lipinski definition) is 2. The zero-order valence-corrected chi connectivity index (χ0v) is 16.3. The third-order valence-electron chi connectivity index (χ3n) is 3.65. The van der Waals surface area contributed by atoms with Crippen LogP contribution in [-0.4, -0.2) is 31.1 Å². The first kappa shape index (κ1) is 21.2. The summed E-state index contributed by atoms with van der Waals surface area (Å²) >= 11 is 5.95. The molecule has 0 aliphatic heterocycles. The van der Waals surface area contributed by atoms with Crippen molar-refractivity contribution in [3.8, 4) is 5.75 Å². The standard InChI is InChI=1S/C20H21ClN2O5/c1-3-22-20(26)23-19(25)18(14-7-5-4-6-8-14)28-17(24)12-27-15-9-10-16(21)13(2)11-15/h4-11,18H,3,12H2,1-2H3,(H2,22,23,25,26)/t18-/m0/s1. The van der Waals surface area contributed by atoms with Gasteiger partial charge in [0.1, 0.15) is 5.75 Å². The van der Waals surface area contributed by atoms with Crippen LogP contribution in [0.1, 0.15) is 24.2 Å². The molecule has 0 aliphatic rings. The fraction of sp³-hybridized carbons (Fsp3) is 0.250. The molecule has 2 N–H and O–H groups in total. The molecule has 0 heterocycles. The highest BCUT2D eigenvalue weighted by Gasteiger charge is 2.26. The lowest BCUT2D eigenvalue weighted by atomic mass is 10.1. The number of aryl methyl sites for hydroxylation is 1. The predicted octanol–water partition coefficient (Wildman–Crippen LogP) is 3.16. The predicted molar refractivity (Wildman–Crippen MR) is 104 cm³/mol. The van der Waals surface area contributed by atoms with Crippen molar-refractivity contribution in [2.24, 2.45) is 0 Å². The zero-order chi connectivity index (χ0) is 20.5. The van der Waals surface area contributed by atoms with Gasteiger partial charge in [-0.25, -0.2) is 9.59 Å². The van der Waals surface area contributed by atoms with Crippen molar-refractivity contribution in [2.45, 2.75) is 20.0 Å². The quantitative estimate of drug-likeness (QED) is 0.691. The highest BCUT2D eigenvalue weighted by Crippen LogP contribution is 2.22. The SMILES string of the molecule is CCNC(=O)NC(=O)[C@@H](OC(=O)COc1ccc(Cl)c(C)c1)c1ccccc1. The molecule has 0 bridgehead atoms. The number of amides is 3. The molecule has 1 atom stereocenters. The summed E-state index contributed by atoms with van der Waals surface area (Å²) in [6.45, 7) is 3.47. The van der Waals surface area contributed by atoms with E-state index in [0.717, 1.165) is 5.56 Å². The molecule has 0 spiro atoms. The number of imide groups is 1. The highest BCUT2D eigenvalue weighted by atomic mass is 35.5. The van der Waals surface area contributed by atoms with Gasteiger partial charge in [0.15, 0.2) is 6.61 Å². The number of esters is 1. The highest BCUT2D eigenvalue weighted by molar-refractivity contribution is 6.31. The summed E-state index contributed by atoms with van der Waals surface area (Å²) in [5.41, 5.74) is 1.23. The van der Waals surface area contributed by atoms with Crippen LogP contribution in [0, 0.1) is 6.92 Å². The molecule has 0 aromatic heterocycles. The largest absolute Gasteiger partial charge is 0.482 e. The molecule has 0 unspecified atom stereocenters. The van der Waals surface area contributed by atoms with Crippen LogP contribution >= 0.6 is 11.6 Å². The fourth-order valence-electron chi connectivity index (χ4n) is 2.30. The van der Waals surface area contributed by atoms with Crippen LogP contribution in [0.2, 0.25) is 5.02 Å². The lowest BCUT2D eigenvalue weighted by molar-refractivity contribution is -0.158. The number of benzene rings is 2. The van der Waals surface area contributed by atoms with Gasteiger partial charge in [0.25, 0.3) is 5.91 Å². The van der Waals surface area contributed by atoms with E-state index in [4.69, 9.17) is 21.1 Å². The third kappa shape index (κ3) is 6.28. The van der Waals surface area contributed by atoms with Crippen LogP contribution in [0.15, 0.2) is 48.5 Å². The van der Waals surface area contributed by atoms with Crippen molar-refractivity contribution in [2.75, 3.05) is 13.2 Å². The molecule has 0 saturated carbocycles. The Hall–Kier alpha value is -3.06. The maximum Gasteiger partial charge on any atom is 0.345 e. The second-order valence-electron chi connectivity index (χ2n) is 5.83. The monoisotopic (exact) mass is 404 g/mol. The third-order valence-corrected chi connectivity index (χ3v) is 4.07. The van der Waals surface area contributed by atoms with Crippen LogP contribution in [0.25, 0.3) is 0 Å². The number of halogens is 1. The van der Waals surface area contributed by atoms with Crippen LogP contribution < -0.4 is 15.4 Å². The van der Waals surface area contributed by atoms with Crippen molar-refractivity contribution in [3.63, 3.8) is 0 Å². The molecule has 28 heavy (non-hydrogen) atoms. The van der Waals surface area contributed by atoms with Crippen LogP contribution in [-0.2, 0) is 14.3 Å². The zero-order valence-electron chi connectivity index (χ0n) is 15.5. The summed E-state index contributed by atoms with van der Waals surface area (Å²) in [5, 5.41) is 5.18. The molecule has 0 radical (unpaired) electrons. The molecule has 2 rings (SSSR count). The number of carbonyl (C=O) groups is 3. The van der Waals surface area contributed by atoms with Crippen molar-refractivity contribution >= 4 is 29.5 Å². The van der Waals surface area contributed by atoms with Crippen LogP contribution in [0.5, 0.6) is 5.75 Å². The van der Waals surface area contributed by atoms with Gasteiger partial charge in [0.05, 0.1) is 0 Å². The Balaban J connectivity index is 2.04. The number of rotatable bonds is 7. The minimum Gasteiger partial charge on any atom is -0.482 e. The van der Waals surface area contributed by atoms with Crippen molar-refractivity contribution in [1.29, 1.82) is 0 Å². The molecule has 0 saturated heterocycles. The van der Waals surface area contributed by atoms with Gasteiger partial charge in [0.2, 0.25) is 6.10 Å². The lowest BCUT2D eigenvalue weighted by Crippen LogP contribution is -2.42. The Bertz CT molecular complexity index is 842.